The largest absolute Gasteiger partial charge is 0.463 e. The molecule has 3 aromatic carbocycles. The highest BCUT2D eigenvalue weighted by atomic mass is 19.4. The van der Waals surface area contributed by atoms with Crippen molar-refractivity contribution in [2.24, 2.45) is 4.99 Å². The molecule has 0 aliphatic carbocycles. The number of carbonyl (C=O) groups excluding carboxylic acids is 2. The van der Waals surface area contributed by atoms with E-state index in [1.807, 2.05) is 61.5 Å². The van der Waals surface area contributed by atoms with Crippen molar-refractivity contribution in [3.8, 4) is 0 Å². The molecule has 1 heterocycles. The minimum Gasteiger partial charge on any atom is -0.463 e. The van der Waals surface area contributed by atoms with Gasteiger partial charge in [0, 0.05) is 17.0 Å². The fourth-order valence-corrected chi connectivity index (χ4v) is 5.27. The Labute approximate surface area is 249 Å². The molecule has 0 unspecified atom stereocenters. The number of allylic oxidation sites excluding steroid dienone is 2. The molecule has 0 fully saturated rings. The highest BCUT2D eigenvalue weighted by Crippen LogP contribution is 2.47. The zero-order valence-electron chi connectivity index (χ0n) is 24.7. The molecule has 0 spiro atoms. The Balaban J connectivity index is 2.13. The monoisotopic (exact) mass is 590 g/mol. The first-order chi connectivity index (χ1) is 20.5. The van der Waals surface area contributed by atoms with Gasteiger partial charge < -0.3 is 14.4 Å². The molecule has 1 aliphatic heterocycles. The summed E-state index contributed by atoms with van der Waals surface area (Å²) in [5, 5.41) is 0. The van der Waals surface area contributed by atoms with Crippen molar-refractivity contribution >= 4 is 23.5 Å². The van der Waals surface area contributed by atoms with E-state index in [0.29, 0.717) is 17.1 Å². The summed E-state index contributed by atoms with van der Waals surface area (Å²) < 4.78 is 53.9. The maximum Gasteiger partial charge on any atom is 0.416 e. The van der Waals surface area contributed by atoms with Crippen molar-refractivity contribution in [1.29, 1.82) is 0 Å². The first-order valence-electron chi connectivity index (χ1n) is 13.9. The number of hydrogen-bond donors (Lipinski definition) is 0. The molecule has 0 bridgehead atoms. The van der Waals surface area contributed by atoms with Crippen LogP contribution in [0.5, 0.6) is 0 Å². The first-order valence-corrected chi connectivity index (χ1v) is 13.9. The number of aryl methyl sites for hydroxylation is 1. The maximum absolute atomic E-state index is 14.4. The third kappa shape index (κ3) is 6.40. The predicted octanol–water partition coefficient (Wildman–Crippen LogP) is 7.87. The molecule has 1 aliphatic rings. The van der Waals surface area contributed by atoms with Gasteiger partial charge in [-0.15, -0.1) is 0 Å². The smallest absolute Gasteiger partial charge is 0.416 e. The van der Waals surface area contributed by atoms with Gasteiger partial charge in [-0.25, -0.2) is 14.6 Å². The SMILES string of the molecule is CCOC(=O)C1=C(C)N(C(=Nc2ccccc2C)c2ccccc2)C(C)=C(C(=O)OCC)C1c1ccccc1C(F)(F)F. The van der Waals surface area contributed by atoms with Crippen LogP contribution in [0.2, 0.25) is 0 Å². The van der Waals surface area contributed by atoms with Gasteiger partial charge in [0.1, 0.15) is 5.84 Å². The molecule has 0 saturated heterocycles. The molecule has 0 amide bonds. The number of nitrogens with zero attached hydrogens (tertiary/aromatic N) is 2. The number of amidine groups is 1. The van der Waals surface area contributed by atoms with Crippen LogP contribution in [0.3, 0.4) is 0 Å². The van der Waals surface area contributed by atoms with Crippen LogP contribution in [0.4, 0.5) is 18.9 Å². The molecule has 6 nitrogen and oxygen atoms in total. The minimum atomic E-state index is -4.75. The highest BCUT2D eigenvalue weighted by molar-refractivity contribution is 6.07. The van der Waals surface area contributed by atoms with E-state index in [1.54, 1.807) is 32.6 Å². The van der Waals surface area contributed by atoms with Gasteiger partial charge in [0.15, 0.2) is 0 Å². The lowest BCUT2D eigenvalue weighted by atomic mass is 9.77. The summed E-state index contributed by atoms with van der Waals surface area (Å²) in [7, 11) is 0. The Hall–Kier alpha value is -4.66. The van der Waals surface area contributed by atoms with Crippen molar-refractivity contribution in [3.05, 3.63) is 124 Å². The van der Waals surface area contributed by atoms with Gasteiger partial charge in [0.2, 0.25) is 0 Å². The second kappa shape index (κ2) is 13.1. The van der Waals surface area contributed by atoms with Crippen molar-refractivity contribution in [1.82, 2.24) is 4.90 Å². The second-order valence-corrected chi connectivity index (χ2v) is 9.88. The number of benzene rings is 3. The van der Waals surface area contributed by atoms with Gasteiger partial charge in [-0.2, -0.15) is 13.2 Å². The van der Waals surface area contributed by atoms with E-state index >= 15 is 0 Å². The normalized spacial score (nSPS) is 14.7. The second-order valence-electron chi connectivity index (χ2n) is 9.88. The number of esters is 2. The van der Waals surface area contributed by atoms with E-state index in [1.165, 1.54) is 18.2 Å². The fraction of sp³-hybridized carbons (Fsp3) is 0.265. The van der Waals surface area contributed by atoms with Crippen molar-refractivity contribution in [2.75, 3.05) is 13.2 Å². The quantitative estimate of drug-likeness (QED) is 0.159. The molecule has 0 aromatic heterocycles. The molecular formula is C34H33F3N2O4. The topological polar surface area (TPSA) is 68.2 Å². The van der Waals surface area contributed by atoms with E-state index in [2.05, 4.69) is 0 Å². The molecule has 0 N–H and O–H groups in total. The number of alkyl halides is 3. The summed E-state index contributed by atoms with van der Waals surface area (Å²) in [6.07, 6.45) is -4.75. The lowest BCUT2D eigenvalue weighted by Crippen LogP contribution is -2.39. The summed E-state index contributed by atoms with van der Waals surface area (Å²) >= 11 is 0. The molecule has 224 valence electrons. The van der Waals surface area contributed by atoms with Crippen LogP contribution in [-0.4, -0.2) is 35.9 Å². The van der Waals surface area contributed by atoms with Gasteiger partial charge in [-0.3, -0.25) is 0 Å². The lowest BCUT2D eigenvalue weighted by molar-refractivity contribution is -0.142. The van der Waals surface area contributed by atoms with Gasteiger partial charge in [0.05, 0.1) is 41.5 Å². The van der Waals surface area contributed by atoms with Crippen LogP contribution in [0, 0.1) is 6.92 Å². The Morgan fingerprint density at radius 1 is 0.767 bits per heavy atom. The maximum atomic E-state index is 14.4. The lowest BCUT2D eigenvalue weighted by Gasteiger charge is -2.39. The third-order valence-electron chi connectivity index (χ3n) is 7.18. The summed E-state index contributed by atoms with van der Waals surface area (Å²) in [4.78, 5) is 34.0. The van der Waals surface area contributed by atoms with Crippen LogP contribution in [0.25, 0.3) is 0 Å². The average Bonchev–Trinajstić information content (AvgIpc) is 2.97. The zero-order valence-corrected chi connectivity index (χ0v) is 24.7. The molecule has 0 saturated carbocycles. The van der Waals surface area contributed by atoms with Gasteiger partial charge in [-0.05, 0) is 57.9 Å². The van der Waals surface area contributed by atoms with Crippen molar-refractivity contribution in [2.45, 2.75) is 46.7 Å². The van der Waals surface area contributed by atoms with Crippen LogP contribution in [0.1, 0.15) is 55.9 Å². The third-order valence-corrected chi connectivity index (χ3v) is 7.18. The number of para-hydroxylation sites is 1. The molecule has 0 radical (unpaired) electrons. The first kappa shape index (κ1) is 31.3. The zero-order chi connectivity index (χ0) is 31.3. The van der Waals surface area contributed by atoms with Crippen LogP contribution in [0.15, 0.2) is 106 Å². The minimum absolute atomic E-state index is 0.0243. The van der Waals surface area contributed by atoms with Gasteiger partial charge in [0.25, 0.3) is 0 Å². The van der Waals surface area contributed by atoms with E-state index in [-0.39, 0.29) is 41.3 Å². The summed E-state index contributed by atoms with van der Waals surface area (Å²) in [5.41, 5.74) is 1.30. The summed E-state index contributed by atoms with van der Waals surface area (Å²) in [6.45, 7) is 8.31. The Kier molecular flexibility index (Phi) is 9.53. The number of carbonyl (C=O) groups is 2. The molecule has 0 atom stereocenters. The number of halogens is 3. The number of rotatable bonds is 7. The number of ether oxygens (including phenoxy) is 2. The molecule has 9 heteroatoms. The predicted molar refractivity (Wildman–Crippen MR) is 159 cm³/mol. The fourth-order valence-electron chi connectivity index (χ4n) is 5.27. The summed E-state index contributed by atoms with van der Waals surface area (Å²) in [6, 6.07) is 21.5. The number of aliphatic imine (C=N–C) groups is 1. The van der Waals surface area contributed by atoms with E-state index in [9.17, 15) is 22.8 Å². The van der Waals surface area contributed by atoms with E-state index in [0.717, 1.165) is 11.6 Å². The molecular weight excluding hydrogens is 557 g/mol. The Morgan fingerprint density at radius 3 is 1.81 bits per heavy atom. The standard InChI is InChI=1S/C34H33F3N2O4/c1-6-42-32(40)28-22(4)39(31(24-16-9-8-10-17-24)38-27-20-14-11-15-21(27)3)23(5)29(33(41)43-7-2)30(28)25-18-12-13-19-26(25)34(35,36)37/h8-20,30H,6-7H2,1-5H3. The average molecular weight is 591 g/mol. The van der Waals surface area contributed by atoms with Crippen molar-refractivity contribution in [3.63, 3.8) is 0 Å². The summed E-state index contributed by atoms with van der Waals surface area (Å²) in [5.74, 6) is -2.73. The van der Waals surface area contributed by atoms with E-state index in [4.69, 9.17) is 14.5 Å². The molecule has 43 heavy (non-hydrogen) atoms. The number of hydrogen-bond acceptors (Lipinski definition) is 5. The molecule has 3 aromatic rings. The van der Waals surface area contributed by atoms with Gasteiger partial charge in [-0.1, -0.05) is 66.7 Å². The Bertz CT molecular complexity index is 1570. The van der Waals surface area contributed by atoms with Crippen molar-refractivity contribution < 1.29 is 32.2 Å². The van der Waals surface area contributed by atoms with E-state index < -0.39 is 29.6 Å². The molecule has 4 rings (SSSR count). The van der Waals surface area contributed by atoms with Crippen LogP contribution in [-0.2, 0) is 25.2 Å². The van der Waals surface area contributed by atoms with Crippen LogP contribution < -0.4 is 0 Å². The highest BCUT2D eigenvalue weighted by Gasteiger charge is 2.45. The van der Waals surface area contributed by atoms with Crippen LogP contribution >= 0.6 is 0 Å². The van der Waals surface area contributed by atoms with Gasteiger partial charge >= 0.3 is 18.1 Å². The Morgan fingerprint density at radius 2 is 1.28 bits per heavy atom.